The standard InChI is InChI=1S/C9H7Cl2N3O/c1-5-12-9(15)13-14(5)6-2-3-7(10)8(11)4-6/h2-4H,1H3,(H,13,15). The lowest BCUT2D eigenvalue weighted by Crippen LogP contribution is -1.98. The van der Waals surface area contributed by atoms with Crippen LogP contribution in [-0.2, 0) is 0 Å². The van der Waals surface area contributed by atoms with Gasteiger partial charge in [0.2, 0.25) is 0 Å². The van der Waals surface area contributed by atoms with Gasteiger partial charge in [-0.15, -0.1) is 5.10 Å². The van der Waals surface area contributed by atoms with E-state index in [1.807, 2.05) is 0 Å². The van der Waals surface area contributed by atoms with Gasteiger partial charge in [-0.25, -0.2) is 4.68 Å². The summed E-state index contributed by atoms with van der Waals surface area (Å²) in [5, 5.41) is 13.8. The van der Waals surface area contributed by atoms with Gasteiger partial charge in [0.25, 0.3) is 0 Å². The van der Waals surface area contributed by atoms with Crippen LogP contribution in [0.25, 0.3) is 5.69 Å². The maximum absolute atomic E-state index is 9.12. The molecule has 0 saturated carbocycles. The van der Waals surface area contributed by atoms with Gasteiger partial charge in [0.1, 0.15) is 5.82 Å². The molecule has 78 valence electrons. The van der Waals surface area contributed by atoms with E-state index in [4.69, 9.17) is 28.3 Å². The molecular formula is C9H7Cl2N3O. The summed E-state index contributed by atoms with van der Waals surface area (Å²) < 4.78 is 1.48. The highest BCUT2D eigenvalue weighted by Crippen LogP contribution is 2.24. The first-order valence-corrected chi connectivity index (χ1v) is 4.91. The van der Waals surface area contributed by atoms with Crippen LogP contribution in [-0.4, -0.2) is 19.9 Å². The zero-order chi connectivity index (χ0) is 11.0. The van der Waals surface area contributed by atoms with Crippen molar-refractivity contribution < 1.29 is 5.11 Å². The predicted molar refractivity (Wildman–Crippen MR) is 57.8 cm³/mol. The minimum Gasteiger partial charge on any atom is -0.478 e. The molecule has 2 aromatic rings. The molecule has 0 bridgehead atoms. The summed E-state index contributed by atoms with van der Waals surface area (Å²) in [6.07, 6.45) is 0. The minimum absolute atomic E-state index is 0.265. The Balaban J connectivity index is 2.54. The molecule has 0 amide bonds. The van der Waals surface area contributed by atoms with Crippen LogP contribution in [0.4, 0.5) is 0 Å². The summed E-state index contributed by atoms with van der Waals surface area (Å²) in [5.74, 6) is 0.575. The number of hydrogen-bond acceptors (Lipinski definition) is 3. The molecule has 0 spiro atoms. The Hall–Kier alpha value is -1.26. The van der Waals surface area contributed by atoms with Crippen molar-refractivity contribution in [1.82, 2.24) is 14.8 Å². The number of nitrogens with zero attached hydrogens (tertiary/aromatic N) is 3. The van der Waals surface area contributed by atoms with E-state index >= 15 is 0 Å². The average Bonchev–Trinajstić information content (AvgIpc) is 2.50. The molecule has 2 rings (SSSR count). The highest BCUT2D eigenvalue weighted by atomic mass is 35.5. The highest BCUT2D eigenvalue weighted by molar-refractivity contribution is 6.42. The van der Waals surface area contributed by atoms with E-state index in [0.717, 1.165) is 0 Å². The number of aromatic hydroxyl groups is 1. The lowest BCUT2D eigenvalue weighted by atomic mass is 10.3. The summed E-state index contributed by atoms with van der Waals surface area (Å²) >= 11 is 11.7. The van der Waals surface area contributed by atoms with Crippen LogP contribution in [0.15, 0.2) is 18.2 Å². The summed E-state index contributed by atoms with van der Waals surface area (Å²) in [6, 6.07) is 4.80. The average molecular weight is 244 g/mol. The van der Waals surface area contributed by atoms with Crippen LogP contribution in [0.1, 0.15) is 5.82 Å². The largest absolute Gasteiger partial charge is 0.478 e. The normalized spacial score (nSPS) is 10.6. The van der Waals surface area contributed by atoms with Crippen molar-refractivity contribution in [2.45, 2.75) is 6.92 Å². The second-order valence-corrected chi connectivity index (χ2v) is 3.78. The Labute approximate surface area is 96.1 Å². The summed E-state index contributed by atoms with van der Waals surface area (Å²) in [4.78, 5) is 3.77. The zero-order valence-electron chi connectivity index (χ0n) is 7.78. The molecule has 0 saturated heterocycles. The fourth-order valence-electron chi connectivity index (χ4n) is 1.24. The lowest BCUT2D eigenvalue weighted by Gasteiger charge is -2.03. The van der Waals surface area contributed by atoms with Crippen molar-refractivity contribution in [3.05, 3.63) is 34.1 Å². The molecule has 0 unspecified atom stereocenters. The second kappa shape index (κ2) is 3.72. The van der Waals surface area contributed by atoms with Gasteiger partial charge in [0, 0.05) is 0 Å². The molecule has 0 atom stereocenters. The summed E-state index contributed by atoms with van der Waals surface area (Å²) in [5.41, 5.74) is 0.703. The van der Waals surface area contributed by atoms with Gasteiger partial charge in [-0.3, -0.25) is 0 Å². The van der Waals surface area contributed by atoms with Crippen LogP contribution in [0, 0.1) is 6.92 Å². The third-order valence-electron chi connectivity index (χ3n) is 1.91. The summed E-state index contributed by atoms with van der Waals surface area (Å²) in [6.45, 7) is 1.73. The van der Waals surface area contributed by atoms with E-state index in [0.29, 0.717) is 21.6 Å². The molecule has 6 heteroatoms. The highest BCUT2D eigenvalue weighted by Gasteiger charge is 2.08. The van der Waals surface area contributed by atoms with E-state index in [-0.39, 0.29) is 6.01 Å². The predicted octanol–water partition coefficient (Wildman–Crippen LogP) is 2.59. The molecule has 1 aromatic carbocycles. The number of aryl methyl sites for hydroxylation is 1. The molecule has 1 aromatic heterocycles. The maximum atomic E-state index is 9.12. The van der Waals surface area contributed by atoms with E-state index < -0.39 is 0 Å². The molecule has 0 aliphatic heterocycles. The van der Waals surface area contributed by atoms with E-state index in [9.17, 15) is 0 Å². The van der Waals surface area contributed by atoms with Gasteiger partial charge < -0.3 is 5.11 Å². The Bertz CT molecular complexity index is 510. The smallest absolute Gasteiger partial charge is 0.333 e. The Morgan fingerprint density at radius 2 is 2.00 bits per heavy atom. The Morgan fingerprint density at radius 3 is 2.53 bits per heavy atom. The Morgan fingerprint density at radius 1 is 1.27 bits per heavy atom. The van der Waals surface area contributed by atoms with Crippen molar-refractivity contribution in [3.63, 3.8) is 0 Å². The molecule has 1 N–H and O–H groups in total. The van der Waals surface area contributed by atoms with Gasteiger partial charge >= 0.3 is 6.01 Å². The molecule has 0 fully saturated rings. The third kappa shape index (κ3) is 1.91. The molecular weight excluding hydrogens is 237 g/mol. The lowest BCUT2D eigenvalue weighted by molar-refractivity contribution is 0.430. The third-order valence-corrected chi connectivity index (χ3v) is 2.64. The van der Waals surface area contributed by atoms with Gasteiger partial charge in [-0.2, -0.15) is 4.98 Å². The van der Waals surface area contributed by atoms with Crippen LogP contribution < -0.4 is 0 Å². The fourth-order valence-corrected chi connectivity index (χ4v) is 1.53. The van der Waals surface area contributed by atoms with Crippen molar-refractivity contribution in [2.24, 2.45) is 0 Å². The number of halogens is 2. The molecule has 0 aliphatic rings. The van der Waals surface area contributed by atoms with Gasteiger partial charge in [0.05, 0.1) is 15.7 Å². The van der Waals surface area contributed by atoms with Crippen molar-refractivity contribution in [3.8, 4) is 11.7 Å². The molecule has 0 aliphatic carbocycles. The van der Waals surface area contributed by atoms with Gasteiger partial charge in [-0.05, 0) is 25.1 Å². The number of aromatic nitrogens is 3. The zero-order valence-corrected chi connectivity index (χ0v) is 9.29. The van der Waals surface area contributed by atoms with Gasteiger partial charge in [0.15, 0.2) is 0 Å². The number of benzene rings is 1. The monoisotopic (exact) mass is 243 g/mol. The van der Waals surface area contributed by atoms with Crippen molar-refractivity contribution in [1.29, 1.82) is 0 Å². The minimum atomic E-state index is -0.265. The van der Waals surface area contributed by atoms with E-state index in [1.54, 1.807) is 25.1 Å². The molecule has 0 radical (unpaired) electrons. The first-order chi connectivity index (χ1) is 7.08. The Kier molecular flexibility index (Phi) is 2.54. The first kappa shape index (κ1) is 10.3. The topological polar surface area (TPSA) is 50.9 Å². The van der Waals surface area contributed by atoms with Crippen LogP contribution in [0.2, 0.25) is 10.0 Å². The second-order valence-electron chi connectivity index (χ2n) is 2.97. The van der Waals surface area contributed by atoms with Crippen LogP contribution >= 0.6 is 23.2 Å². The molecule has 15 heavy (non-hydrogen) atoms. The first-order valence-electron chi connectivity index (χ1n) is 4.16. The van der Waals surface area contributed by atoms with Crippen LogP contribution in [0.5, 0.6) is 6.01 Å². The van der Waals surface area contributed by atoms with Crippen molar-refractivity contribution >= 4 is 23.2 Å². The van der Waals surface area contributed by atoms with Crippen molar-refractivity contribution in [2.75, 3.05) is 0 Å². The number of rotatable bonds is 1. The number of hydrogen-bond donors (Lipinski definition) is 1. The molecule has 1 heterocycles. The quantitative estimate of drug-likeness (QED) is 0.838. The van der Waals surface area contributed by atoms with E-state index in [1.165, 1.54) is 4.68 Å². The van der Waals surface area contributed by atoms with Gasteiger partial charge in [-0.1, -0.05) is 23.2 Å². The molecule has 4 nitrogen and oxygen atoms in total. The fraction of sp³-hybridized carbons (Fsp3) is 0.111. The summed E-state index contributed by atoms with van der Waals surface area (Å²) in [7, 11) is 0. The van der Waals surface area contributed by atoms with Crippen LogP contribution in [0.3, 0.4) is 0 Å². The van der Waals surface area contributed by atoms with E-state index in [2.05, 4.69) is 10.1 Å². The maximum Gasteiger partial charge on any atom is 0.333 e. The SMILES string of the molecule is Cc1nc(O)nn1-c1ccc(Cl)c(Cl)c1.